The first-order chi connectivity index (χ1) is 15.8. The van der Waals surface area contributed by atoms with Crippen LogP contribution in [0.15, 0.2) is 71.8 Å². The maximum Gasteiger partial charge on any atom is 0.338 e. The highest BCUT2D eigenvalue weighted by molar-refractivity contribution is 7.92. The van der Waals surface area contributed by atoms with E-state index in [1.165, 1.54) is 42.6 Å². The van der Waals surface area contributed by atoms with Gasteiger partial charge >= 0.3 is 5.97 Å². The van der Waals surface area contributed by atoms with E-state index in [0.717, 1.165) is 4.90 Å². The van der Waals surface area contributed by atoms with Crippen LogP contribution in [0.1, 0.15) is 43.6 Å². The minimum absolute atomic E-state index is 0.0171. The summed E-state index contributed by atoms with van der Waals surface area (Å²) in [7, 11) is -3.99. The van der Waals surface area contributed by atoms with E-state index in [9.17, 15) is 22.8 Å². The van der Waals surface area contributed by atoms with Crippen LogP contribution >= 0.6 is 0 Å². The Morgan fingerprint density at radius 3 is 2.24 bits per heavy atom. The molecule has 0 saturated heterocycles. The number of nitrogens with one attached hydrogen (secondary N) is 1. The monoisotopic (exact) mass is 465 g/mol. The number of benzene rings is 2. The highest BCUT2D eigenvalue weighted by atomic mass is 32.2. The quantitative estimate of drug-likeness (QED) is 0.420. The molecule has 1 aromatic heterocycles. The summed E-state index contributed by atoms with van der Waals surface area (Å²) in [5, 5.41) is 0. The minimum Gasteiger partial charge on any atom is -0.462 e. The van der Waals surface area contributed by atoms with E-state index in [0.29, 0.717) is 16.7 Å². The maximum atomic E-state index is 12.7. The zero-order chi connectivity index (χ0) is 23.6. The average molecular weight is 465 g/mol. The predicted molar refractivity (Wildman–Crippen MR) is 118 cm³/mol. The van der Waals surface area contributed by atoms with Crippen LogP contribution in [-0.2, 0) is 21.3 Å². The second-order valence-corrected chi connectivity index (χ2v) is 8.82. The summed E-state index contributed by atoms with van der Waals surface area (Å²) in [6.45, 7) is 1.87. The number of rotatable bonds is 7. The van der Waals surface area contributed by atoms with E-state index >= 15 is 0 Å². The molecule has 4 rings (SSSR count). The lowest BCUT2D eigenvalue weighted by Gasteiger charge is -2.14. The van der Waals surface area contributed by atoms with Crippen LogP contribution in [-0.4, -0.2) is 42.7 Å². The van der Waals surface area contributed by atoms with Crippen LogP contribution in [0.25, 0.3) is 0 Å². The van der Waals surface area contributed by atoms with Crippen molar-refractivity contribution in [2.24, 2.45) is 0 Å². The molecular formula is C23H19N3O6S. The van der Waals surface area contributed by atoms with Gasteiger partial charge in [-0.3, -0.25) is 19.2 Å². The SMILES string of the molecule is CCOC(=O)c1ccnc(NS(=O)(=O)c2ccc(CN3C(=O)c4ccccc4C3=O)cc2)c1. The van der Waals surface area contributed by atoms with Gasteiger partial charge in [-0.1, -0.05) is 24.3 Å². The number of hydrogen-bond donors (Lipinski definition) is 1. The molecule has 0 saturated carbocycles. The molecule has 0 fully saturated rings. The molecule has 0 unspecified atom stereocenters. The second-order valence-electron chi connectivity index (χ2n) is 7.14. The number of pyridine rings is 1. The number of carbonyl (C=O) groups is 3. The Kier molecular flexibility index (Phi) is 5.93. The van der Waals surface area contributed by atoms with Crippen LogP contribution in [0.4, 0.5) is 5.82 Å². The van der Waals surface area contributed by atoms with Crippen LogP contribution in [0.5, 0.6) is 0 Å². The molecule has 0 spiro atoms. The van der Waals surface area contributed by atoms with Gasteiger partial charge in [-0.05, 0) is 48.9 Å². The van der Waals surface area contributed by atoms with E-state index < -0.39 is 16.0 Å². The van der Waals surface area contributed by atoms with Gasteiger partial charge in [0.1, 0.15) is 5.82 Å². The van der Waals surface area contributed by atoms with Gasteiger partial charge in [0.2, 0.25) is 0 Å². The van der Waals surface area contributed by atoms with Crippen molar-refractivity contribution in [2.75, 3.05) is 11.3 Å². The van der Waals surface area contributed by atoms with Gasteiger partial charge in [-0.15, -0.1) is 0 Å². The normalized spacial score (nSPS) is 13.1. The van der Waals surface area contributed by atoms with Crippen molar-refractivity contribution >= 4 is 33.6 Å². The van der Waals surface area contributed by atoms with Crippen molar-refractivity contribution in [3.05, 3.63) is 89.1 Å². The van der Waals surface area contributed by atoms with Crippen LogP contribution < -0.4 is 4.72 Å². The Morgan fingerprint density at radius 1 is 1.00 bits per heavy atom. The zero-order valence-electron chi connectivity index (χ0n) is 17.5. The van der Waals surface area contributed by atoms with Gasteiger partial charge in [-0.2, -0.15) is 0 Å². The Bertz CT molecular complexity index is 1320. The predicted octanol–water partition coefficient (Wildman–Crippen LogP) is 2.86. The number of fused-ring (bicyclic) bond motifs is 1. The number of hydrogen-bond acceptors (Lipinski definition) is 7. The first-order valence-electron chi connectivity index (χ1n) is 10.0. The third kappa shape index (κ3) is 4.46. The maximum absolute atomic E-state index is 12.7. The van der Waals surface area contributed by atoms with Crippen molar-refractivity contribution < 1.29 is 27.5 Å². The van der Waals surface area contributed by atoms with Gasteiger partial charge in [0.05, 0.1) is 34.7 Å². The highest BCUT2D eigenvalue weighted by Crippen LogP contribution is 2.25. The number of carbonyl (C=O) groups excluding carboxylic acids is 3. The fourth-order valence-electron chi connectivity index (χ4n) is 3.36. The fraction of sp³-hybridized carbons (Fsp3) is 0.130. The van der Waals surface area contributed by atoms with Crippen LogP contribution in [0, 0.1) is 0 Å². The molecule has 1 N–H and O–H groups in total. The summed E-state index contributed by atoms with van der Waals surface area (Å²) in [4.78, 5) is 41.9. The van der Waals surface area contributed by atoms with Crippen molar-refractivity contribution in [1.29, 1.82) is 0 Å². The Balaban J connectivity index is 1.48. The molecule has 168 valence electrons. The summed E-state index contributed by atoms with van der Waals surface area (Å²) in [6, 6.07) is 15.1. The van der Waals surface area contributed by atoms with E-state index in [4.69, 9.17) is 4.74 Å². The van der Waals surface area contributed by atoms with E-state index in [-0.39, 0.29) is 41.2 Å². The summed E-state index contributed by atoms with van der Waals surface area (Å²) in [6.07, 6.45) is 1.30. The van der Waals surface area contributed by atoms with Crippen LogP contribution in [0.3, 0.4) is 0 Å². The molecule has 3 aromatic rings. The highest BCUT2D eigenvalue weighted by Gasteiger charge is 2.35. The number of imide groups is 1. The molecule has 0 aliphatic carbocycles. The van der Waals surface area contributed by atoms with Gasteiger partial charge in [0, 0.05) is 6.20 Å². The molecule has 0 atom stereocenters. The molecule has 1 aliphatic rings. The van der Waals surface area contributed by atoms with Gasteiger partial charge in [0.15, 0.2) is 0 Å². The lowest BCUT2D eigenvalue weighted by Crippen LogP contribution is -2.29. The van der Waals surface area contributed by atoms with E-state index in [1.807, 2.05) is 0 Å². The number of anilines is 1. The summed E-state index contributed by atoms with van der Waals surface area (Å²) < 4.78 is 32.7. The molecule has 10 heteroatoms. The van der Waals surface area contributed by atoms with Crippen molar-refractivity contribution in [1.82, 2.24) is 9.88 Å². The first-order valence-corrected chi connectivity index (χ1v) is 11.5. The number of aromatic nitrogens is 1. The van der Waals surface area contributed by atoms with Gasteiger partial charge in [0.25, 0.3) is 21.8 Å². The third-order valence-corrected chi connectivity index (χ3v) is 6.33. The summed E-state index contributed by atoms with van der Waals surface area (Å²) in [5.74, 6) is -1.39. The molecule has 2 heterocycles. The number of ether oxygens (including phenoxy) is 1. The summed E-state index contributed by atoms with van der Waals surface area (Å²) in [5.41, 5.74) is 1.46. The van der Waals surface area contributed by atoms with Crippen molar-refractivity contribution in [3.8, 4) is 0 Å². The standard InChI is InChI=1S/C23H19N3O6S/c1-2-32-23(29)16-11-12-24-20(13-16)25-33(30,31)17-9-7-15(8-10-17)14-26-21(27)18-5-3-4-6-19(18)22(26)28/h3-13H,2,14H2,1H3,(H,24,25). The molecule has 0 bridgehead atoms. The molecule has 33 heavy (non-hydrogen) atoms. The second kappa shape index (κ2) is 8.83. The molecule has 9 nitrogen and oxygen atoms in total. The smallest absolute Gasteiger partial charge is 0.338 e. The molecule has 2 aromatic carbocycles. The number of nitrogens with zero attached hydrogens (tertiary/aromatic N) is 2. The summed E-state index contributed by atoms with van der Waals surface area (Å²) >= 11 is 0. The first kappa shape index (κ1) is 22.2. The van der Waals surface area contributed by atoms with Crippen LogP contribution in [0.2, 0.25) is 0 Å². The average Bonchev–Trinajstić information content (AvgIpc) is 3.04. The topological polar surface area (TPSA) is 123 Å². The molecular weight excluding hydrogens is 446 g/mol. The van der Waals surface area contributed by atoms with E-state index in [1.54, 1.807) is 31.2 Å². The number of esters is 1. The zero-order valence-corrected chi connectivity index (χ0v) is 18.3. The largest absolute Gasteiger partial charge is 0.462 e. The Labute approximate surface area is 190 Å². The van der Waals surface area contributed by atoms with Crippen molar-refractivity contribution in [3.63, 3.8) is 0 Å². The minimum atomic E-state index is -3.99. The Hall–Kier alpha value is -4.05. The van der Waals surface area contributed by atoms with E-state index in [2.05, 4.69) is 9.71 Å². The molecule has 0 radical (unpaired) electrons. The fourth-order valence-corrected chi connectivity index (χ4v) is 4.36. The lowest BCUT2D eigenvalue weighted by molar-refractivity contribution is 0.0525. The molecule has 1 aliphatic heterocycles. The van der Waals surface area contributed by atoms with Crippen molar-refractivity contribution in [2.45, 2.75) is 18.4 Å². The van der Waals surface area contributed by atoms with Gasteiger partial charge in [-0.25, -0.2) is 18.2 Å². The number of sulfonamides is 1. The molecule has 2 amide bonds. The lowest BCUT2D eigenvalue weighted by atomic mass is 10.1. The third-order valence-electron chi connectivity index (χ3n) is 4.96. The number of amides is 2. The Morgan fingerprint density at radius 2 is 1.64 bits per heavy atom. The van der Waals surface area contributed by atoms with Gasteiger partial charge < -0.3 is 4.74 Å².